The van der Waals surface area contributed by atoms with Gasteiger partial charge in [0, 0.05) is 18.2 Å². The van der Waals surface area contributed by atoms with Gasteiger partial charge in [-0.3, -0.25) is 0 Å². The average molecular weight is 203 g/mol. The molecule has 2 aromatic rings. The molecule has 0 radical (unpaired) electrons. The molecule has 0 aliphatic rings. The van der Waals surface area contributed by atoms with Gasteiger partial charge in [-0.25, -0.2) is 9.97 Å². The van der Waals surface area contributed by atoms with Crippen molar-refractivity contribution in [3.05, 3.63) is 24.2 Å². The Balaban J connectivity index is 2.75. The highest BCUT2D eigenvalue weighted by Crippen LogP contribution is 2.24. The Hall–Kier alpha value is -1.38. The molecule has 0 saturated heterocycles. The molecule has 0 aromatic carbocycles. The molecule has 0 N–H and O–H groups in total. The number of pyridine rings is 1. The summed E-state index contributed by atoms with van der Waals surface area (Å²) in [4.78, 5) is 8.88. The van der Waals surface area contributed by atoms with Crippen molar-refractivity contribution in [2.24, 2.45) is 0 Å². The highest BCUT2D eigenvalue weighted by Gasteiger charge is 2.15. The third kappa shape index (κ3) is 1.62. The lowest BCUT2D eigenvalue weighted by Gasteiger charge is -2.14. The number of nitrogens with zero attached hydrogens (tertiary/aromatic N) is 3. The molecule has 80 valence electrons. The summed E-state index contributed by atoms with van der Waals surface area (Å²) in [5, 5.41) is 0. The van der Waals surface area contributed by atoms with Crippen LogP contribution in [0.25, 0.3) is 11.2 Å². The SMILES string of the molecule is CC(C)c1nc2ncccc2n1C(C)C. The fourth-order valence-electron chi connectivity index (χ4n) is 1.90. The van der Waals surface area contributed by atoms with Gasteiger partial charge in [0.05, 0.1) is 5.52 Å². The van der Waals surface area contributed by atoms with E-state index in [0.29, 0.717) is 12.0 Å². The molecule has 3 heteroatoms. The van der Waals surface area contributed by atoms with Gasteiger partial charge in [0.15, 0.2) is 5.65 Å². The summed E-state index contributed by atoms with van der Waals surface area (Å²) < 4.78 is 2.27. The smallest absolute Gasteiger partial charge is 0.177 e. The van der Waals surface area contributed by atoms with E-state index in [1.165, 1.54) is 0 Å². The molecule has 0 amide bonds. The van der Waals surface area contributed by atoms with Crippen molar-refractivity contribution in [2.75, 3.05) is 0 Å². The minimum atomic E-state index is 0.427. The van der Waals surface area contributed by atoms with Crippen molar-refractivity contribution in [1.29, 1.82) is 0 Å². The van der Waals surface area contributed by atoms with E-state index in [4.69, 9.17) is 0 Å². The van der Waals surface area contributed by atoms with E-state index in [2.05, 4.69) is 48.3 Å². The fourth-order valence-corrected chi connectivity index (χ4v) is 1.90. The maximum absolute atomic E-state index is 4.59. The Bertz CT molecular complexity index is 469. The molecule has 0 aliphatic carbocycles. The summed E-state index contributed by atoms with van der Waals surface area (Å²) in [5.74, 6) is 1.56. The molecule has 3 nitrogen and oxygen atoms in total. The van der Waals surface area contributed by atoms with Gasteiger partial charge in [0.2, 0.25) is 0 Å². The lowest BCUT2D eigenvalue weighted by Crippen LogP contribution is -2.07. The summed E-state index contributed by atoms with van der Waals surface area (Å²) in [6.45, 7) is 8.69. The van der Waals surface area contributed by atoms with Gasteiger partial charge in [-0.2, -0.15) is 0 Å². The van der Waals surface area contributed by atoms with Crippen LogP contribution in [0.1, 0.15) is 45.5 Å². The van der Waals surface area contributed by atoms with Crippen molar-refractivity contribution < 1.29 is 0 Å². The van der Waals surface area contributed by atoms with Gasteiger partial charge in [-0.05, 0) is 26.0 Å². The Morgan fingerprint density at radius 3 is 2.53 bits per heavy atom. The molecule has 0 atom stereocenters. The molecule has 2 aromatic heterocycles. The minimum absolute atomic E-state index is 0.427. The molecule has 0 saturated carbocycles. The van der Waals surface area contributed by atoms with Crippen LogP contribution < -0.4 is 0 Å². The first-order valence-electron chi connectivity index (χ1n) is 5.44. The van der Waals surface area contributed by atoms with Crippen LogP contribution in [0.4, 0.5) is 0 Å². The van der Waals surface area contributed by atoms with Gasteiger partial charge in [-0.1, -0.05) is 13.8 Å². The van der Waals surface area contributed by atoms with E-state index in [-0.39, 0.29) is 0 Å². The predicted molar refractivity (Wildman–Crippen MR) is 62.0 cm³/mol. The number of hydrogen-bond acceptors (Lipinski definition) is 2. The Morgan fingerprint density at radius 2 is 1.93 bits per heavy atom. The first-order chi connectivity index (χ1) is 7.11. The lowest BCUT2D eigenvalue weighted by atomic mass is 10.2. The molecule has 2 heterocycles. The molecular formula is C12H17N3. The molecule has 2 rings (SSSR count). The van der Waals surface area contributed by atoms with Crippen LogP contribution in [0.3, 0.4) is 0 Å². The van der Waals surface area contributed by atoms with E-state index in [9.17, 15) is 0 Å². The highest BCUT2D eigenvalue weighted by atomic mass is 15.1. The quantitative estimate of drug-likeness (QED) is 0.750. The first kappa shape index (κ1) is 10.1. The van der Waals surface area contributed by atoms with E-state index in [1.54, 1.807) is 6.20 Å². The summed E-state index contributed by atoms with van der Waals surface area (Å²) >= 11 is 0. The number of rotatable bonds is 2. The standard InChI is InChI=1S/C12H17N3/c1-8(2)12-14-11-10(6-5-7-13-11)15(12)9(3)4/h5-9H,1-4H3. The van der Waals surface area contributed by atoms with Crippen LogP contribution in [-0.2, 0) is 0 Å². The van der Waals surface area contributed by atoms with Gasteiger partial charge in [0.1, 0.15) is 5.82 Å². The Kier molecular flexibility index (Phi) is 2.47. The predicted octanol–water partition coefficient (Wildman–Crippen LogP) is 3.14. The van der Waals surface area contributed by atoms with E-state index in [1.807, 2.05) is 6.07 Å². The largest absolute Gasteiger partial charge is 0.324 e. The molecule has 0 aliphatic heterocycles. The minimum Gasteiger partial charge on any atom is -0.324 e. The normalized spacial score (nSPS) is 11.9. The third-order valence-electron chi connectivity index (χ3n) is 2.53. The monoisotopic (exact) mass is 203 g/mol. The highest BCUT2D eigenvalue weighted by molar-refractivity contribution is 5.71. The van der Waals surface area contributed by atoms with Gasteiger partial charge >= 0.3 is 0 Å². The second-order valence-corrected chi connectivity index (χ2v) is 4.43. The van der Waals surface area contributed by atoms with Gasteiger partial charge in [-0.15, -0.1) is 0 Å². The molecular weight excluding hydrogens is 186 g/mol. The van der Waals surface area contributed by atoms with Crippen molar-refractivity contribution in [1.82, 2.24) is 14.5 Å². The summed E-state index contributed by atoms with van der Waals surface area (Å²) in [7, 11) is 0. The van der Waals surface area contributed by atoms with E-state index in [0.717, 1.165) is 17.0 Å². The van der Waals surface area contributed by atoms with Crippen LogP contribution in [-0.4, -0.2) is 14.5 Å². The number of aromatic nitrogens is 3. The van der Waals surface area contributed by atoms with Gasteiger partial charge < -0.3 is 4.57 Å². The molecule has 0 bridgehead atoms. The molecule has 0 fully saturated rings. The van der Waals surface area contributed by atoms with Crippen molar-refractivity contribution >= 4 is 11.2 Å². The van der Waals surface area contributed by atoms with Crippen LogP contribution in [0, 0.1) is 0 Å². The maximum Gasteiger partial charge on any atom is 0.177 e. The van der Waals surface area contributed by atoms with E-state index >= 15 is 0 Å². The maximum atomic E-state index is 4.59. The van der Waals surface area contributed by atoms with Crippen LogP contribution in [0.15, 0.2) is 18.3 Å². The lowest BCUT2D eigenvalue weighted by molar-refractivity contribution is 0.564. The second-order valence-electron chi connectivity index (χ2n) is 4.43. The number of fused-ring (bicyclic) bond motifs is 1. The summed E-state index contributed by atoms with van der Waals surface area (Å²) in [6, 6.07) is 4.48. The fraction of sp³-hybridized carbons (Fsp3) is 0.500. The van der Waals surface area contributed by atoms with Crippen molar-refractivity contribution in [2.45, 2.75) is 39.7 Å². The Labute approximate surface area is 90.2 Å². The third-order valence-corrected chi connectivity index (χ3v) is 2.53. The van der Waals surface area contributed by atoms with Gasteiger partial charge in [0.25, 0.3) is 0 Å². The molecule has 15 heavy (non-hydrogen) atoms. The topological polar surface area (TPSA) is 30.7 Å². The number of hydrogen-bond donors (Lipinski definition) is 0. The zero-order chi connectivity index (χ0) is 11.0. The summed E-state index contributed by atoms with van der Waals surface area (Å²) in [5.41, 5.74) is 1.99. The second kappa shape index (κ2) is 3.65. The van der Waals surface area contributed by atoms with Crippen molar-refractivity contribution in [3.63, 3.8) is 0 Å². The van der Waals surface area contributed by atoms with E-state index < -0.39 is 0 Å². The first-order valence-corrected chi connectivity index (χ1v) is 5.44. The average Bonchev–Trinajstić information content (AvgIpc) is 2.56. The zero-order valence-corrected chi connectivity index (χ0v) is 9.73. The number of imidazole rings is 1. The zero-order valence-electron chi connectivity index (χ0n) is 9.73. The Morgan fingerprint density at radius 1 is 1.20 bits per heavy atom. The van der Waals surface area contributed by atoms with Crippen molar-refractivity contribution in [3.8, 4) is 0 Å². The summed E-state index contributed by atoms with van der Waals surface area (Å²) in [6.07, 6.45) is 1.80. The van der Waals surface area contributed by atoms with Crippen LogP contribution >= 0.6 is 0 Å². The molecule has 0 unspecified atom stereocenters. The van der Waals surface area contributed by atoms with Crippen LogP contribution in [0.2, 0.25) is 0 Å². The van der Waals surface area contributed by atoms with Crippen LogP contribution in [0.5, 0.6) is 0 Å². The molecule has 0 spiro atoms.